The zero-order chi connectivity index (χ0) is 6.69. The lowest BCUT2D eigenvalue weighted by molar-refractivity contribution is 0.551. The van der Waals surface area contributed by atoms with E-state index in [1.807, 2.05) is 0 Å². The van der Waals surface area contributed by atoms with Crippen LogP contribution in [0.4, 0.5) is 0 Å². The molecule has 2 heteroatoms. The van der Waals surface area contributed by atoms with Gasteiger partial charge in [-0.1, -0.05) is 0 Å². The number of rotatable bonds is 1. The van der Waals surface area contributed by atoms with Gasteiger partial charge in [0.15, 0.2) is 0 Å². The van der Waals surface area contributed by atoms with Gasteiger partial charge in [0.25, 0.3) is 0 Å². The molecule has 0 amide bonds. The molecule has 0 heterocycles. The first-order valence-electron chi connectivity index (χ1n) is 3.45. The van der Waals surface area contributed by atoms with Crippen LogP contribution in [-0.2, 0) is 0 Å². The maximum Gasteiger partial charge on any atom is 0.0624 e. The van der Waals surface area contributed by atoms with Crippen LogP contribution < -0.4 is 5.73 Å². The second-order valence-corrected chi connectivity index (χ2v) is 2.80. The van der Waals surface area contributed by atoms with E-state index in [1.165, 1.54) is 0 Å². The van der Waals surface area contributed by atoms with E-state index in [-0.39, 0.29) is 0 Å². The third-order valence-corrected chi connectivity index (χ3v) is 1.96. The van der Waals surface area contributed by atoms with Crippen LogP contribution in [0.2, 0.25) is 0 Å². The highest BCUT2D eigenvalue weighted by molar-refractivity contribution is 4.84. The van der Waals surface area contributed by atoms with Crippen LogP contribution in [0.3, 0.4) is 0 Å². The molecule has 0 saturated heterocycles. The fourth-order valence-electron chi connectivity index (χ4n) is 1.43. The van der Waals surface area contributed by atoms with E-state index in [2.05, 4.69) is 6.07 Å². The molecule has 0 aliphatic heterocycles. The Hall–Kier alpha value is -0.550. The fraction of sp³-hybridized carbons (Fsp3) is 0.857. The quantitative estimate of drug-likeness (QED) is 0.567. The molecule has 0 aromatic rings. The van der Waals surface area contributed by atoms with Crippen molar-refractivity contribution in [3.05, 3.63) is 0 Å². The van der Waals surface area contributed by atoms with Crippen LogP contribution in [0, 0.1) is 17.2 Å². The van der Waals surface area contributed by atoms with Crippen LogP contribution in [-0.4, -0.2) is 6.04 Å². The summed E-state index contributed by atoms with van der Waals surface area (Å²) in [5, 5.41) is 8.32. The van der Waals surface area contributed by atoms with Gasteiger partial charge in [-0.2, -0.15) is 5.26 Å². The second kappa shape index (κ2) is 2.84. The zero-order valence-corrected chi connectivity index (χ0v) is 5.51. The Morgan fingerprint density at radius 2 is 2.33 bits per heavy atom. The van der Waals surface area contributed by atoms with Crippen LogP contribution in [0.5, 0.6) is 0 Å². The van der Waals surface area contributed by atoms with Gasteiger partial charge in [0.2, 0.25) is 0 Å². The van der Waals surface area contributed by atoms with Crippen LogP contribution >= 0.6 is 0 Å². The molecule has 2 N–H and O–H groups in total. The topological polar surface area (TPSA) is 49.8 Å². The van der Waals surface area contributed by atoms with Crippen molar-refractivity contribution in [3.63, 3.8) is 0 Å². The standard InChI is InChI=1S/C7H12N2/c8-4-3-6-1-2-7(9)5-6/h6-7H,1-3,5,9H2. The van der Waals surface area contributed by atoms with E-state index in [0.717, 1.165) is 19.3 Å². The molecular weight excluding hydrogens is 112 g/mol. The SMILES string of the molecule is N#CCC1CCC(N)C1. The maximum absolute atomic E-state index is 8.32. The summed E-state index contributed by atoms with van der Waals surface area (Å²) in [6.45, 7) is 0. The number of nitrogens with two attached hydrogens (primary N) is 1. The van der Waals surface area contributed by atoms with Gasteiger partial charge in [0.05, 0.1) is 6.07 Å². The second-order valence-electron chi connectivity index (χ2n) is 2.80. The molecule has 50 valence electrons. The first-order chi connectivity index (χ1) is 4.33. The van der Waals surface area contributed by atoms with E-state index in [1.54, 1.807) is 0 Å². The highest BCUT2D eigenvalue weighted by Crippen LogP contribution is 2.26. The van der Waals surface area contributed by atoms with Crippen LogP contribution in [0.25, 0.3) is 0 Å². The molecule has 9 heavy (non-hydrogen) atoms. The van der Waals surface area contributed by atoms with Gasteiger partial charge in [0.1, 0.15) is 0 Å². The molecule has 2 nitrogen and oxygen atoms in total. The van der Waals surface area contributed by atoms with E-state index in [4.69, 9.17) is 11.0 Å². The summed E-state index contributed by atoms with van der Waals surface area (Å²) < 4.78 is 0. The summed E-state index contributed by atoms with van der Waals surface area (Å²) in [5.74, 6) is 0.602. The van der Waals surface area contributed by atoms with E-state index in [9.17, 15) is 0 Å². The van der Waals surface area contributed by atoms with Crippen molar-refractivity contribution in [1.82, 2.24) is 0 Å². The summed E-state index contributed by atoms with van der Waals surface area (Å²) in [6, 6.07) is 2.55. The van der Waals surface area contributed by atoms with Crippen LogP contribution in [0.1, 0.15) is 25.7 Å². The highest BCUT2D eigenvalue weighted by Gasteiger charge is 2.20. The van der Waals surface area contributed by atoms with Gasteiger partial charge < -0.3 is 5.73 Å². The van der Waals surface area contributed by atoms with Gasteiger partial charge in [0, 0.05) is 12.5 Å². The summed E-state index contributed by atoms with van der Waals surface area (Å²) in [7, 11) is 0. The molecule has 1 saturated carbocycles. The Labute approximate surface area is 55.7 Å². The molecule has 0 radical (unpaired) electrons. The third kappa shape index (κ3) is 1.69. The molecule has 1 fully saturated rings. The number of hydrogen-bond donors (Lipinski definition) is 1. The summed E-state index contributed by atoms with van der Waals surface area (Å²) in [5.41, 5.74) is 5.65. The fourth-order valence-corrected chi connectivity index (χ4v) is 1.43. The van der Waals surface area contributed by atoms with E-state index >= 15 is 0 Å². The van der Waals surface area contributed by atoms with Crippen molar-refractivity contribution < 1.29 is 0 Å². The third-order valence-electron chi connectivity index (χ3n) is 1.96. The van der Waals surface area contributed by atoms with Gasteiger partial charge in [-0.05, 0) is 25.2 Å². The molecule has 1 aliphatic rings. The van der Waals surface area contributed by atoms with Crippen molar-refractivity contribution >= 4 is 0 Å². The molecule has 0 bridgehead atoms. The Kier molecular flexibility index (Phi) is 2.07. The Morgan fingerprint density at radius 3 is 2.78 bits per heavy atom. The first kappa shape index (κ1) is 6.57. The largest absolute Gasteiger partial charge is 0.328 e. The van der Waals surface area contributed by atoms with Gasteiger partial charge in [-0.3, -0.25) is 0 Å². The van der Waals surface area contributed by atoms with Crippen molar-refractivity contribution in [2.45, 2.75) is 31.7 Å². The summed E-state index contributed by atoms with van der Waals surface area (Å²) >= 11 is 0. The van der Waals surface area contributed by atoms with E-state index in [0.29, 0.717) is 18.4 Å². The van der Waals surface area contributed by atoms with Gasteiger partial charge in [-0.15, -0.1) is 0 Å². The molecule has 1 rings (SSSR count). The summed E-state index contributed by atoms with van der Waals surface area (Å²) in [6.07, 6.45) is 4.04. The highest BCUT2D eigenvalue weighted by atomic mass is 14.6. The average Bonchev–Trinajstić information content (AvgIpc) is 2.17. The minimum Gasteiger partial charge on any atom is -0.328 e. The molecular formula is C7H12N2. The van der Waals surface area contributed by atoms with Crippen molar-refractivity contribution in [2.24, 2.45) is 11.7 Å². The number of nitrogens with zero attached hydrogens (tertiary/aromatic N) is 1. The maximum atomic E-state index is 8.32. The minimum absolute atomic E-state index is 0.378. The molecule has 1 aliphatic carbocycles. The van der Waals surface area contributed by atoms with E-state index < -0.39 is 0 Å². The molecule has 0 aromatic carbocycles. The predicted octanol–water partition coefficient (Wildman–Crippen LogP) is 1.03. The molecule has 2 atom stereocenters. The lowest BCUT2D eigenvalue weighted by atomic mass is 10.1. The molecule has 2 unspecified atom stereocenters. The number of nitriles is 1. The van der Waals surface area contributed by atoms with Crippen molar-refractivity contribution in [2.75, 3.05) is 0 Å². The van der Waals surface area contributed by atoms with Crippen molar-refractivity contribution in [3.8, 4) is 6.07 Å². The smallest absolute Gasteiger partial charge is 0.0624 e. The van der Waals surface area contributed by atoms with Gasteiger partial charge >= 0.3 is 0 Å². The van der Waals surface area contributed by atoms with Crippen molar-refractivity contribution in [1.29, 1.82) is 5.26 Å². The molecule has 0 aromatic heterocycles. The van der Waals surface area contributed by atoms with Gasteiger partial charge in [-0.25, -0.2) is 0 Å². The number of hydrogen-bond acceptors (Lipinski definition) is 2. The minimum atomic E-state index is 0.378. The lowest BCUT2D eigenvalue weighted by Gasteiger charge is -2.00. The Morgan fingerprint density at radius 1 is 1.56 bits per heavy atom. The summed E-state index contributed by atoms with van der Waals surface area (Å²) in [4.78, 5) is 0. The zero-order valence-electron chi connectivity index (χ0n) is 5.51. The monoisotopic (exact) mass is 124 g/mol. The first-order valence-corrected chi connectivity index (χ1v) is 3.45. The average molecular weight is 124 g/mol. The Bertz CT molecular complexity index is 125. The van der Waals surface area contributed by atoms with Crippen LogP contribution in [0.15, 0.2) is 0 Å². The normalized spacial score (nSPS) is 34.2. The molecule has 0 spiro atoms. The Balaban J connectivity index is 2.24. The lowest BCUT2D eigenvalue weighted by Crippen LogP contribution is -2.14. The predicted molar refractivity (Wildman–Crippen MR) is 35.5 cm³/mol.